The molecule has 158 valence electrons. The first-order chi connectivity index (χ1) is 13.6. The van der Waals surface area contributed by atoms with E-state index in [4.69, 9.17) is 11.6 Å². The van der Waals surface area contributed by atoms with Gasteiger partial charge in [0.1, 0.15) is 11.0 Å². The van der Waals surface area contributed by atoms with E-state index in [-0.39, 0.29) is 23.5 Å². The van der Waals surface area contributed by atoms with Crippen LogP contribution in [0.5, 0.6) is 0 Å². The molecule has 1 fully saturated rings. The molecule has 0 aromatic carbocycles. The predicted molar refractivity (Wildman–Crippen MR) is 114 cm³/mol. The Kier molecular flexibility index (Phi) is 6.19. The molecule has 8 nitrogen and oxygen atoms in total. The third-order valence-corrected chi connectivity index (χ3v) is 6.86. The van der Waals surface area contributed by atoms with Gasteiger partial charge < -0.3 is 5.32 Å². The van der Waals surface area contributed by atoms with E-state index >= 15 is 0 Å². The number of carbonyl (C=O) groups is 1. The van der Waals surface area contributed by atoms with Crippen LogP contribution >= 0.6 is 11.6 Å². The maximum absolute atomic E-state index is 12.5. The number of nitrogens with zero attached hydrogens (tertiary/aromatic N) is 4. The molecule has 1 N–H and O–H groups in total. The summed E-state index contributed by atoms with van der Waals surface area (Å²) in [7, 11) is -3.05. The largest absolute Gasteiger partial charge is 0.307 e. The Bertz CT molecular complexity index is 1050. The van der Waals surface area contributed by atoms with Crippen molar-refractivity contribution in [3.05, 3.63) is 34.2 Å². The van der Waals surface area contributed by atoms with Crippen molar-refractivity contribution in [2.75, 3.05) is 16.8 Å². The summed E-state index contributed by atoms with van der Waals surface area (Å²) in [6.07, 6.45) is 3.53. The number of carbonyl (C=O) groups excluding carboxylic acids is 1. The highest BCUT2D eigenvalue weighted by Crippen LogP contribution is 2.27. The van der Waals surface area contributed by atoms with Gasteiger partial charge in [-0.05, 0) is 32.3 Å². The number of nitrogens with one attached hydrogen (secondary N) is 1. The lowest BCUT2D eigenvalue weighted by molar-refractivity contribution is -0.111. The predicted octanol–water partition coefficient (Wildman–Crippen LogP) is 3.02. The zero-order chi connectivity index (χ0) is 21.3. The molecule has 0 saturated carbocycles. The van der Waals surface area contributed by atoms with Crippen LogP contribution in [0.1, 0.15) is 43.3 Å². The van der Waals surface area contributed by atoms with Crippen molar-refractivity contribution in [2.45, 2.75) is 46.7 Å². The molecule has 0 spiro atoms. The monoisotopic (exact) mass is 439 g/mol. The summed E-state index contributed by atoms with van der Waals surface area (Å²) in [5.41, 5.74) is 2.16. The van der Waals surface area contributed by atoms with Crippen molar-refractivity contribution < 1.29 is 13.2 Å². The van der Waals surface area contributed by atoms with Gasteiger partial charge in [-0.3, -0.25) is 9.48 Å². The quantitative estimate of drug-likeness (QED) is 0.697. The lowest BCUT2D eigenvalue weighted by Gasteiger charge is -2.13. The number of anilines is 1. The highest BCUT2D eigenvalue weighted by molar-refractivity contribution is 7.91. The molecule has 3 heterocycles. The minimum absolute atomic E-state index is 0.0384. The minimum Gasteiger partial charge on any atom is -0.307 e. The van der Waals surface area contributed by atoms with E-state index in [1.54, 1.807) is 28.4 Å². The molecule has 10 heteroatoms. The Hall–Kier alpha value is -2.13. The second-order valence-corrected chi connectivity index (χ2v) is 10.4. The molecule has 1 atom stereocenters. The van der Waals surface area contributed by atoms with E-state index in [0.29, 0.717) is 41.1 Å². The standard InChI is InChI=1S/C19H26ClN5O3S/c1-12(2)10-24-19(20)16(14(4)23-24)5-6-18(26)21-17-9-13(3)22-25(17)15-7-8-29(27,28)11-15/h5-6,9,12,15H,7-8,10-11H2,1-4H3,(H,21,26)/b6-5+. The van der Waals surface area contributed by atoms with Crippen molar-refractivity contribution in [1.82, 2.24) is 19.6 Å². The second kappa shape index (κ2) is 8.31. The normalized spacial score (nSPS) is 18.8. The van der Waals surface area contributed by atoms with E-state index in [0.717, 1.165) is 5.69 Å². The summed E-state index contributed by atoms with van der Waals surface area (Å²) in [6.45, 7) is 8.51. The molecular formula is C19H26ClN5O3S. The fourth-order valence-corrected chi connectivity index (χ4v) is 5.41. The molecule has 2 aromatic heterocycles. The molecule has 0 aliphatic carbocycles. The van der Waals surface area contributed by atoms with Crippen molar-refractivity contribution in [3.63, 3.8) is 0 Å². The third kappa shape index (κ3) is 5.08. The first kappa shape index (κ1) is 21.6. The summed E-state index contributed by atoms with van der Waals surface area (Å²) in [6, 6.07) is 1.47. The fraction of sp³-hybridized carbons (Fsp3) is 0.526. The molecule has 1 amide bonds. The Labute approximate surface area is 175 Å². The summed E-state index contributed by atoms with van der Waals surface area (Å²) in [4.78, 5) is 12.5. The topological polar surface area (TPSA) is 98.9 Å². The molecule has 1 aliphatic heterocycles. The highest BCUT2D eigenvalue weighted by atomic mass is 35.5. The fourth-order valence-electron chi connectivity index (χ4n) is 3.41. The van der Waals surface area contributed by atoms with Crippen LogP contribution in [0.4, 0.5) is 5.82 Å². The summed E-state index contributed by atoms with van der Waals surface area (Å²) >= 11 is 6.41. The van der Waals surface area contributed by atoms with Crippen LogP contribution < -0.4 is 5.32 Å². The van der Waals surface area contributed by atoms with Crippen LogP contribution in [0.25, 0.3) is 6.08 Å². The number of hydrogen-bond donors (Lipinski definition) is 1. The number of aromatic nitrogens is 4. The zero-order valence-electron chi connectivity index (χ0n) is 17.0. The van der Waals surface area contributed by atoms with Crippen LogP contribution in [0.2, 0.25) is 5.15 Å². The van der Waals surface area contributed by atoms with Crippen molar-refractivity contribution in [3.8, 4) is 0 Å². The summed E-state index contributed by atoms with van der Waals surface area (Å²) < 4.78 is 26.9. The average Bonchev–Trinajstić information content (AvgIpc) is 3.22. The first-order valence-electron chi connectivity index (χ1n) is 9.54. The molecule has 29 heavy (non-hydrogen) atoms. The van der Waals surface area contributed by atoms with Gasteiger partial charge in [-0.25, -0.2) is 13.1 Å². The van der Waals surface area contributed by atoms with Gasteiger partial charge in [0.05, 0.1) is 28.9 Å². The number of aryl methyl sites for hydroxylation is 2. The first-order valence-corrected chi connectivity index (χ1v) is 11.7. The number of amides is 1. The maximum atomic E-state index is 12.5. The van der Waals surface area contributed by atoms with Crippen LogP contribution in [-0.4, -0.2) is 45.4 Å². The van der Waals surface area contributed by atoms with Gasteiger partial charge in [-0.1, -0.05) is 25.4 Å². The summed E-state index contributed by atoms with van der Waals surface area (Å²) in [5, 5.41) is 12.1. The van der Waals surface area contributed by atoms with Crippen LogP contribution in [0, 0.1) is 19.8 Å². The summed E-state index contributed by atoms with van der Waals surface area (Å²) in [5.74, 6) is 0.713. The molecular weight excluding hydrogens is 414 g/mol. The third-order valence-electron chi connectivity index (χ3n) is 4.71. The van der Waals surface area contributed by atoms with Gasteiger partial charge in [0.25, 0.3) is 0 Å². The molecule has 1 saturated heterocycles. The van der Waals surface area contributed by atoms with Gasteiger partial charge in [0, 0.05) is 24.3 Å². The second-order valence-electron chi connectivity index (χ2n) is 7.86. The van der Waals surface area contributed by atoms with Gasteiger partial charge in [0.15, 0.2) is 9.84 Å². The van der Waals surface area contributed by atoms with Crippen molar-refractivity contribution >= 4 is 39.2 Å². The van der Waals surface area contributed by atoms with E-state index in [1.165, 1.54) is 6.08 Å². The molecule has 3 rings (SSSR count). The van der Waals surface area contributed by atoms with E-state index in [2.05, 4.69) is 29.4 Å². The number of hydrogen-bond acceptors (Lipinski definition) is 5. The Morgan fingerprint density at radius 2 is 2.10 bits per heavy atom. The Morgan fingerprint density at radius 1 is 1.38 bits per heavy atom. The smallest absolute Gasteiger partial charge is 0.249 e. The van der Waals surface area contributed by atoms with Crippen LogP contribution in [-0.2, 0) is 21.2 Å². The number of rotatable bonds is 6. The van der Waals surface area contributed by atoms with Crippen LogP contribution in [0.15, 0.2) is 12.1 Å². The number of sulfone groups is 1. The zero-order valence-corrected chi connectivity index (χ0v) is 18.6. The van der Waals surface area contributed by atoms with Gasteiger partial charge in [0.2, 0.25) is 5.91 Å². The average molecular weight is 440 g/mol. The highest BCUT2D eigenvalue weighted by Gasteiger charge is 2.31. The number of halogens is 1. The minimum atomic E-state index is -3.05. The Morgan fingerprint density at radius 3 is 2.72 bits per heavy atom. The maximum Gasteiger partial charge on any atom is 0.249 e. The van der Waals surface area contributed by atoms with E-state index < -0.39 is 9.84 Å². The molecule has 1 aliphatic rings. The van der Waals surface area contributed by atoms with Gasteiger partial charge >= 0.3 is 0 Å². The van der Waals surface area contributed by atoms with Crippen molar-refractivity contribution in [2.24, 2.45) is 5.92 Å². The molecule has 0 radical (unpaired) electrons. The van der Waals surface area contributed by atoms with Crippen LogP contribution in [0.3, 0.4) is 0 Å². The Balaban J connectivity index is 1.75. The molecule has 0 bridgehead atoms. The van der Waals surface area contributed by atoms with Crippen molar-refractivity contribution in [1.29, 1.82) is 0 Å². The van der Waals surface area contributed by atoms with E-state index in [1.807, 2.05) is 6.92 Å². The van der Waals surface area contributed by atoms with Gasteiger partial charge in [-0.15, -0.1) is 0 Å². The molecule has 2 aromatic rings. The lowest BCUT2D eigenvalue weighted by atomic mass is 10.2. The van der Waals surface area contributed by atoms with E-state index in [9.17, 15) is 13.2 Å². The molecule has 1 unspecified atom stereocenters. The van der Waals surface area contributed by atoms with Gasteiger partial charge in [-0.2, -0.15) is 10.2 Å². The lowest BCUT2D eigenvalue weighted by Crippen LogP contribution is -2.18. The SMILES string of the molecule is Cc1cc(NC(=O)/C=C/c2c(C)nn(CC(C)C)c2Cl)n(C2CCS(=O)(=O)C2)n1.